The molecule has 0 radical (unpaired) electrons. The van der Waals surface area contributed by atoms with Gasteiger partial charge in [-0.05, 0) is 49.1 Å². The minimum absolute atomic E-state index is 0.152. The maximum atomic E-state index is 12.5. The third-order valence-corrected chi connectivity index (χ3v) is 5.09. The number of benzene rings is 2. The molecule has 0 unspecified atom stereocenters. The van der Waals surface area contributed by atoms with Gasteiger partial charge in [0.25, 0.3) is 5.91 Å². The molecule has 1 aromatic heterocycles. The number of ether oxygens (including phenoxy) is 1. The number of rotatable bonds is 7. The summed E-state index contributed by atoms with van der Waals surface area (Å²) in [7, 11) is 0. The van der Waals surface area contributed by atoms with Crippen molar-refractivity contribution >= 4 is 34.7 Å². The lowest BCUT2D eigenvalue weighted by Gasteiger charge is -2.09. The van der Waals surface area contributed by atoms with Crippen LogP contribution >= 0.6 is 23.1 Å². The van der Waals surface area contributed by atoms with Gasteiger partial charge in [-0.1, -0.05) is 18.2 Å². The second kappa shape index (κ2) is 8.87. The van der Waals surface area contributed by atoms with Crippen LogP contribution < -0.4 is 10.1 Å². The summed E-state index contributed by atoms with van der Waals surface area (Å²) in [6, 6.07) is 15.1. The predicted molar refractivity (Wildman–Crippen MR) is 109 cm³/mol. The molecule has 2 aromatic carbocycles. The molecule has 26 heavy (non-hydrogen) atoms. The van der Waals surface area contributed by atoms with Crippen LogP contribution in [0.25, 0.3) is 0 Å². The number of aromatic nitrogens is 1. The molecular weight excluding hydrogens is 364 g/mol. The Morgan fingerprint density at radius 3 is 2.85 bits per heavy atom. The molecule has 3 rings (SSSR count). The Bertz CT molecular complexity index is 893. The van der Waals surface area contributed by atoms with Gasteiger partial charge >= 0.3 is 0 Å². The first-order valence-corrected chi connectivity index (χ1v) is 10.4. The molecule has 134 valence electrons. The van der Waals surface area contributed by atoms with Crippen LogP contribution in [-0.4, -0.2) is 17.1 Å². The van der Waals surface area contributed by atoms with Crippen molar-refractivity contribution < 1.29 is 9.53 Å². The number of thioether (sulfide) groups is 1. The standard InChI is InChI=1S/C20H20N2O2S2/c1-14-21-18(13-26-14)11-24-19-8-4-6-16(10-19)20(23)22-17-7-3-5-15(9-17)12-25-2/h3-10,13H,11-12H2,1-2H3,(H,22,23). The molecule has 0 fully saturated rings. The number of nitrogens with one attached hydrogen (secondary N) is 1. The van der Waals surface area contributed by atoms with Crippen LogP contribution in [0, 0.1) is 6.92 Å². The predicted octanol–water partition coefficient (Wildman–Crippen LogP) is 5.15. The Morgan fingerprint density at radius 1 is 1.23 bits per heavy atom. The number of hydrogen-bond donors (Lipinski definition) is 1. The lowest BCUT2D eigenvalue weighted by atomic mass is 10.2. The van der Waals surface area contributed by atoms with Crippen molar-refractivity contribution in [3.05, 3.63) is 75.7 Å². The molecule has 0 aliphatic carbocycles. The summed E-state index contributed by atoms with van der Waals surface area (Å²) < 4.78 is 5.76. The lowest BCUT2D eigenvalue weighted by Crippen LogP contribution is -2.12. The first-order chi connectivity index (χ1) is 12.6. The van der Waals surface area contributed by atoms with Gasteiger partial charge in [0.05, 0.1) is 10.7 Å². The zero-order valence-corrected chi connectivity index (χ0v) is 16.3. The summed E-state index contributed by atoms with van der Waals surface area (Å²) in [4.78, 5) is 16.9. The second-order valence-corrected chi connectivity index (χ2v) is 7.69. The highest BCUT2D eigenvalue weighted by atomic mass is 32.2. The Labute approximate surface area is 161 Å². The Hall–Kier alpha value is -2.31. The average Bonchev–Trinajstić information content (AvgIpc) is 3.06. The zero-order chi connectivity index (χ0) is 18.4. The number of carbonyl (C=O) groups is 1. The van der Waals surface area contributed by atoms with E-state index in [-0.39, 0.29) is 5.91 Å². The highest BCUT2D eigenvalue weighted by molar-refractivity contribution is 7.97. The number of hydrogen-bond acceptors (Lipinski definition) is 5. The molecular formula is C20H20N2O2S2. The molecule has 1 heterocycles. The van der Waals surface area contributed by atoms with Gasteiger partial charge in [-0.2, -0.15) is 11.8 Å². The fourth-order valence-electron chi connectivity index (χ4n) is 2.47. The van der Waals surface area contributed by atoms with Crippen molar-refractivity contribution in [1.29, 1.82) is 0 Å². The molecule has 1 N–H and O–H groups in total. The van der Waals surface area contributed by atoms with Crippen LogP contribution in [0.15, 0.2) is 53.9 Å². The fraction of sp³-hybridized carbons (Fsp3) is 0.200. The average molecular weight is 385 g/mol. The first-order valence-electron chi connectivity index (χ1n) is 8.17. The summed E-state index contributed by atoms with van der Waals surface area (Å²) in [6.07, 6.45) is 2.06. The Kier molecular flexibility index (Phi) is 6.30. The van der Waals surface area contributed by atoms with Crippen molar-refractivity contribution in [3.63, 3.8) is 0 Å². The van der Waals surface area contributed by atoms with Crippen LogP contribution in [0.3, 0.4) is 0 Å². The Balaban J connectivity index is 1.65. The summed E-state index contributed by atoms with van der Waals surface area (Å²) in [5, 5.41) is 5.94. The van der Waals surface area contributed by atoms with E-state index in [1.54, 1.807) is 35.2 Å². The molecule has 0 bridgehead atoms. The zero-order valence-electron chi connectivity index (χ0n) is 14.7. The minimum atomic E-state index is -0.152. The molecule has 1 amide bonds. The van der Waals surface area contributed by atoms with Gasteiger partial charge < -0.3 is 10.1 Å². The highest BCUT2D eigenvalue weighted by Gasteiger charge is 2.08. The summed E-state index contributed by atoms with van der Waals surface area (Å²) >= 11 is 3.35. The van der Waals surface area contributed by atoms with E-state index in [9.17, 15) is 4.79 Å². The van der Waals surface area contributed by atoms with Crippen LogP contribution in [-0.2, 0) is 12.4 Å². The van der Waals surface area contributed by atoms with E-state index in [1.807, 2.05) is 42.6 Å². The van der Waals surface area contributed by atoms with E-state index in [1.165, 1.54) is 5.56 Å². The van der Waals surface area contributed by atoms with Gasteiger partial charge in [-0.3, -0.25) is 4.79 Å². The molecule has 0 atom stereocenters. The van der Waals surface area contributed by atoms with Gasteiger partial charge in [-0.25, -0.2) is 4.98 Å². The van der Waals surface area contributed by atoms with Crippen molar-refractivity contribution in [1.82, 2.24) is 4.98 Å². The van der Waals surface area contributed by atoms with E-state index in [0.29, 0.717) is 17.9 Å². The van der Waals surface area contributed by atoms with Crippen LogP contribution in [0.2, 0.25) is 0 Å². The molecule has 0 saturated carbocycles. The number of nitrogens with zero attached hydrogens (tertiary/aromatic N) is 1. The maximum absolute atomic E-state index is 12.5. The third-order valence-electron chi connectivity index (χ3n) is 3.65. The van der Waals surface area contributed by atoms with E-state index in [0.717, 1.165) is 22.1 Å². The monoisotopic (exact) mass is 384 g/mol. The molecule has 0 spiro atoms. The van der Waals surface area contributed by atoms with Crippen molar-refractivity contribution in [3.8, 4) is 5.75 Å². The van der Waals surface area contributed by atoms with Gasteiger partial charge in [-0.15, -0.1) is 11.3 Å². The minimum Gasteiger partial charge on any atom is -0.487 e. The fourth-order valence-corrected chi connectivity index (χ4v) is 3.58. The smallest absolute Gasteiger partial charge is 0.255 e. The molecule has 0 saturated heterocycles. The third kappa shape index (κ3) is 5.09. The number of anilines is 1. The molecule has 0 aliphatic heterocycles. The van der Waals surface area contributed by atoms with Crippen LogP contribution in [0.4, 0.5) is 5.69 Å². The number of thiazole rings is 1. The summed E-state index contributed by atoms with van der Waals surface area (Å²) in [5.41, 5.74) is 3.44. The highest BCUT2D eigenvalue weighted by Crippen LogP contribution is 2.19. The quantitative estimate of drug-likeness (QED) is 0.612. The van der Waals surface area contributed by atoms with E-state index in [4.69, 9.17) is 4.74 Å². The lowest BCUT2D eigenvalue weighted by molar-refractivity contribution is 0.102. The van der Waals surface area contributed by atoms with Crippen molar-refractivity contribution in [2.75, 3.05) is 11.6 Å². The normalized spacial score (nSPS) is 10.5. The molecule has 4 nitrogen and oxygen atoms in total. The molecule has 6 heteroatoms. The van der Waals surface area contributed by atoms with E-state index in [2.05, 4.69) is 22.6 Å². The molecule has 0 aliphatic rings. The van der Waals surface area contributed by atoms with Gasteiger partial charge in [0.2, 0.25) is 0 Å². The topological polar surface area (TPSA) is 51.2 Å². The molecule has 3 aromatic rings. The van der Waals surface area contributed by atoms with Crippen LogP contribution in [0.5, 0.6) is 5.75 Å². The second-order valence-electron chi connectivity index (χ2n) is 5.76. The van der Waals surface area contributed by atoms with Crippen molar-refractivity contribution in [2.45, 2.75) is 19.3 Å². The maximum Gasteiger partial charge on any atom is 0.255 e. The Morgan fingerprint density at radius 2 is 2.08 bits per heavy atom. The SMILES string of the molecule is CSCc1cccc(NC(=O)c2cccc(OCc3csc(C)n3)c2)c1. The summed E-state index contributed by atoms with van der Waals surface area (Å²) in [6.45, 7) is 2.36. The largest absolute Gasteiger partial charge is 0.487 e. The van der Waals surface area contributed by atoms with Gasteiger partial charge in [0.1, 0.15) is 12.4 Å². The van der Waals surface area contributed by atoms with E-state index < -0.39 is 0 Å². The van der Waals surface area contributed by atoms with Gasteiger partial charge in [0.15, 0.2) is 0 Å². The number of aryl methyl sites for hydroxylation is 1. The van der Waals surface area contributed by atoms with Crippen molar-refractivity contribution in [2.24, 2.45) is 0 Å². The van der Waals surface area contributed by atoms with Crippen LogP contribution in [0.1, 0.15) is 26.6 Å². The number of amides is 1. The number of carbonyl (C=O) groups excluding carboxylic acids is 1. The summed E-state index contributed by atoms with van der Waals surface area (Å²) in [5.74, 6) is 1.42. The van der Waals surface area contributed by atoms with E-state index >= 15 is 0 Å². The first kappa shape index (κ1) is 18.5. The van der Waals surface area contributed by atoms with Gasteiger partial charge in [0, 0.05) is 22.4 Å².